The number of nitrogens with two attached hydrogens (primary N) is 1. The molecule has 0 bridgehead atoms. The highest BCUT2D eigenvalue weighted by molar-refractivity contribution is 9.10. The second-order valence-corrected chi connectivity index (χ2v) is 5.48. The molecule has 3 nitrogen and oxygen atoms in total. The third-order valence-electron chi connectivity index (χ3n) is 3.08. The predicted molar refractivity (Wildman–Crippen MR) is 77.3 cm³/mol. The van der Waals surface area contributed by atoms with Crippen LogP contribution in [0.1, 0.15) is 11.1 Å². The summed E-state index contributed by atoms with van der Waals surface area (Å²) in [5.41, 5.74) is 8.45. The molecule has 0 saturated carbocycles. The molecule has 96 valence electrons. The van der Waals surface area contributed by atoms with Crippen LogP contribution < -0.4 is 5.73 Å². The highest BCUT2D eigenvalue weighted by Crippen LogP contribution is 2.21. The van der Waals surface area contributed by atoms with Gasteiger partial charge in [0, 0.05) is 17.7 Å². The molecule has 1 atom stereocenters. The van der Waals surface area contributed by atoms with Gasteiger partial charge in [-0.25, -0.2) is 0 Å². The van der Waals surface area contributed by atoms with E-state index in [4.69, 9.17) is 5.73 Å². The minimum atomic E-state index is 0.452. The molecule has 0 aliphatic rings. The largest absolute Gasteiger partial charge is 0.330 e. The van der Waals surface area contributed by atoms with Gasteiger partial charge >= 0.3 is 0 Å². The van der Waals surface area contributed by atoms with Crippen molar-refractivity contribution >= 4 is 15.9 Å². The highest BCUT2D eigenvalue weighted by atomic mass is 79.9. The maximum Gasteiger partial charge on any atom is 0.0521 e. The molecule has 18 heavy (non-hydrogen) atoms. The summed E-state index contributed by atoms with van der Waals surface area (Å²) in [6, 6.07) is 8.33. The van der Waals surface area contributed by atoms with Crippen molar-refractivity contribution in [1.82, 2.24) is 9.78 Å². The molecular formula is C14H18BrN3. The van der Waals surface area contributed by atoms with Crippen molar-refractivity contribution in [2.75, 3.05) is 6.54 Å². The second-order valence-electron chi connectivity index (χ2n) is 4.62. The van der Waals surface area contributed by atoms with Crippen molar-refractivity contribution in [2.24, 2.45) is 18.7 Å². The Hall–Kier alpha value is -1.13. The Bertz CT molecular complexity index is 507. The van der Waals surface area contributed by atoms with Crippen LogP contribution in [0.15, 0.2) is 41.1 Å². The number of rotatable bonds is 5. The van der Waals surface area contributed by atoms with Crippen LogP contribution in [0.25, 0.3) is 0 Å². The van der Waals surface area contributed by atoms with Gasteiger partial charge in [-0.2, -0.15) is 5.10 Å². The van der Waals surface area contributed by atoms with Gasteiger partial charge in [-0.3, -0.25) is 4.68 Å². The summed E-state index contributed by atoms with van der Waals surface area (Å²) in [5, 5.41) is 4.20. The van der Waals surface area contributed by atoms with Crippen molar-refractivity contribution in [2.45, 2.75) is 12.8 Å². The van der Waals surface area contributed by atoms with Crippen LogP contribution in [0.2, 0.25) is 0 Å². The normalized spacial score (nSPS) is 12.6. The fourth-order valence-electron chi connectivity index (χ4n) is 2.12. The van der Waals surface area contributed by atoms with Crippen molar-refractivity contribution in [3.05, 3.63) is 52.3 Å². The van der Waals surface area contributed by atoms with Gasteiger partial charge < -0.3 is 5.73 Å². The molecule has 1 unspecified atom stereocenters. The van der Waals surface area contributed by atoms with E-state index < -0.39 is 0 Å². The second kappa shape index (κ2) is 6.16. The van der Waals surface area contributed by atoms with Crippen LogP contribution in [0.5, 0.6) is 0 Å². The average Bonchev–Trinajstić information content (AvgIpc) is 2.76. The van der Waals surface area contributed by atoms with Crippen LogP contribution in [0.4, 0.5) is 0 Å². The van der Waals surface area contributed by atoms with Crippen LogP contribution in [0, 0.1) is 5.92 Å². The zero-order valence-electron chi connectivity index (χ0n) is 10.5. The number of nitrogens with zero attached hydrogens (tertiary/aromatic N) is 2. The molecule has 0 aliphatic carbocycles. The maximum atomic E-state index is 5.88. The van der Waals surface area contributed by atoms with E-state index in [9.17, 15) is 0 Å². The molecule has 2 rings (SSSR count). The van der Waals surface area contributed by atoms with Gasteiger partial charge in [0.1, 0.15) is 0 Å². The summed E-state index contributed by atoms with van der Waals surface area (Å²) in [5.74, 6) is 0.452. The van der Waals surface area contributed by atoms with Crippen molar-refractivity contribution in [3.63, 3.8) is 0 Å². The first-order valence-corrected chi connectivity index (χ1v) is 6.89. The first kappa shape index (κ1) is 13.3. The molecule has 2 aromatic rings. The molecule has 1 heterocycles. The summed E-state index contributed by atoms with van der Waals surface area (Å²) in [4.78, 5) is 0. The summed E-state index contributed by atoms with van der Waals surface area (Å²) in [6.45, 7) is 0.691. The van der Waals surface area contributed by atoms with Gasteiger partial charge in [0.25, 0.3) is 0 Å². The summed E-state index contributed by atoms with van der Waals surface area (Å²) < 4.78 is 3.00. The number of hydrogen-bond donors (Lipinski definition) is 1. The number of benzene rings is 1. The van der Waals surface area contributed by atoms with E-state index in [0.29, 0.717) is 12.5 Å². The van der Waals surface area contributed by atoms with E-state index in [1.165, 1.54) is 11.1 Å². The lowest BCUT2D eigenvalue weighted by Crippen LogP contribution is -2.19. The first-order chi connectivity index (χ1) is 8.69. The van der Waals surface area contributed by atoms with E-state index in [0.717, 1.165) is 17.3 Å². The lowest BCUT2D eigenvalue weighted by atomic mass is 9.94. The Morgan fingerprint density at radius 1 is 1.33 bits per heavy atom. The van der Waals surface area contributed by atoms with E-state index in [2.05, 4.69) is 45.4 Å². The molecule has 0 aliphatic heterocycles. The molecule has 1 aromatic heterocycles. The Morgan fingerprint density at radius 2 is 2.11 bits per heavy atom. The minimum absolute atomic E-state index is 0.452. The lowest BCUT2D eigenvalue weighted by Gasteiger charge is -2.14. The van der Waals surface area contributed by atoms with Crippen LogP contribution in [-0.2, 0) is 19.9 Å². The Balaban J connectivity index is 2.04. The molecule has 0 amide bonds. The van der Waals surface area contributed by atoms with Gasteiger partial charge in [-0.1, -0.05) is 34.1 Å². The molecule has 0 saturated heterocycles. The van der Waals surface area contributed by atoms with E-state index in [1.54, 1.807) is 0 Å². The quantitative estimate of drug-likeness (QED) is 0.922. The van der Waals surface area contributed by atoms with Gasteiger partial charge in [0.15, 0.2) is 0 Å². The van der Waals surface area contributed by atoms with E-state index >= 15 is 0 Å². The molecule has 0 spiro atoms. The zero-order chi connectivity index (χ0) is 13.0. The smallest absolute Gasteiger partial charge is 0.0521 e. The molecule has 1 aromatic carbocycles. The topological polar surface area (TPSA) is 43.8 Å². The molecular weight excluding hydrogens is 290 g/mol. The fourth-order valence-corrected chi connectivity index (χ4v) is 2.57. The van der Waals surface area contributed by atoms with E-state index in [-0.39, 0.29) is 0 Å². The highest BCUT2D eigenvalue weighted by Gasteiger charge is 2.11. The van der Waals surface area contributed by atoms with Gasteiger partial charge in [-0.15, -0.1) is 0 Å². The first-order valence-electron chi connectivity index (χ1n) is 6.10. The van der Waals surface area contributed by atoms with Gasteiger partial charge in [0.2, 0.25) is 0 Å². The van der Waals surface area contributed by atoms with Crippen molar-refractivity contribution in [1.29, 1.82) is 0 Å². The van der Waals surface area contributed by atoms with Crippen molar-refractivity contribution < 1.29 is 0 Å². The van der Waals surface area contributed by atoms with Crippen molar-refractivity contribution in [3.8, 4) is 0 Å². The average molecular weight is 308 g/mol. The number of halogens is 1. The third-order valence-corrected chi connectivity index (χ3v) is 3.86. The lowest BCUT2D eigenvalue weighted by molar-refractivity contribution is 0.532. The SMILES string of the molecule is Cn1cc(CC(CN)Cc2ccccc2Br)cn1. The number of aryl methyl sites for hydroxylation is 1. The summed E-state index contributed by atoms with van der Waals surface area (Å²) in [6.07, 6.45) is 5.95. The number of hydrogen-bond acceptors (Lipinski definition) is 2. The Morgan fingerprint density at radius 3 is 2.72 bits per heavy atom. The third kappa shape index (κ3) is 3.43. The Labute approximate surface area is 116 Å². The Kier molecular flexibility index (Phi) is 4.55. The monoisotopic (exact) mass is 307 g/mol. The van der Waals surface area contributed by atoms with Gasteiger partial charge in [-0.05, 0) is 42.5 Å². The number of aromatic nitrogens is 2. The van der Waals surface area contributed by atoms with Gasteiger partial charge in [0.05, 0.1) is 6.20 Å². The molecule has 4 heteroatoms. The predicted octanol–water partition coefficient (Wildman–Crippen LogP) is 2.54. The van der Waals surface area contributed by atoms with E-state index in [1.807, 2.05) is 24.0 Å². The summed E-state index contributed by atoms with van der Waals surface area (Å²) >= 11 is 3.59. The summed E-state index contributed by atoms with van der Waals surface area (Å²) in [7, 11) is 1.94. The minimum Gasteiger partial charge on any atom is -0.330 e. The fraction of sp³-hybridized carbons (Fsp3) is 0.357. The van der Waals surface area contributed by atoms with Crippen LogP contribution in [-0.4, -0.2) is 16.3 Å². The molecule has 0 radical (unpaired) electrons. The van der Waals surface area contributed by atoms with Crippen LogP contribution in [0.3, 0.4) is 0 Å². The zero-order valence-corrected chi connectivity index (χ0v) is 12.1. The molecule has 2 N–H and O–H groups in total. The van der Waals surface area contributed by atoms with Crippen LogP contribution >= 0.6 is 15.9 Å². The standard InChI is InChI=1S/C14H18BrN3/c1-18-10-12(9-17-18)6-11(8-16)7-13-4-2-3-5-14(13)15/h2-5,9-11H,6-8,16H2,1H3. The maximum absolute atomic E-state index is 5.88. The molecule has 0 fully saturated rings.